The zero-order valence-electron chi connectivity index (χ0n) is 11.3. The Labute approximate surface area is 119 Å². The summed E-state index contributed by atoms with van der Waals surface area (Å²) in [5.41, 5.74) is 1.59. The monoisotopic (exact) mass is 274 g/mol. The van der Waals surface area contributed by atoms with E-state index in [0.29, 0.717) is 0 Å². The van der Waals surface area contributed by atoms with E-state index in [9.17, 15) is 0 Å². The number of hydrogen-bond donors (Lipinski definition) is 1. The summed E-state index contributed by atoms with van der Waals surface area (Å²) in [6.07, 6.45) is 2.90. The van der Waals surface area contributed by atoms with Gasteiger partial charge in [-0.15, -0.1) is 11.8 Å². The van der Waals surface area contributed by atoms with Crippen LogP contribution in [0.2, 0.25) is 0 Å². The molecule has 2 unspecified atom stereocenters. The SMILES string of the molecule is c1ccc2c(c1)SCC2CN1CCNC(C2CC2)C1. The van der Waals surface area contributed by atoms with Gasteiger partial charge < -0.3 is 5.32 Å². The second kappa shape index (κ2) is 5.12. The van der Waals surface area contributed by atoms with E-state index in [1.54, 1.807) is 5.56 Å². The van der Waals surface area contributed by atoms with Crippen molar-refractivity contribution in [2.75, 3.05) is 31.9 Å². The summed E-state index contributed by atoms with van der Waals surface area (Å²) in [6.45, 7) is 4.94. The molecule has 2 nitrogen and oxygen atoms in total. The van der Waals surface area contributed by atoms with Gasteiger partial charge in [-0.1, -0.05) is 18.2 Å². The van der Waals surface area contributed by atoms with Crippen molar-refractivity contribution >= 4 is 11.8 Å². The molecule has 1 aromatic carbocycles. The predicted molar refractivity (Wildman–Crippen MR) is 80.9 cm³/mol. The fraction of sp³-hybridized carbons (Fsp3) is 0.625. The molecule has 1 aromatic rings. The molecule has 3 heteroatoms. The number of nitrogens with zero attached hydrogens (tertiary/aromatic N) is 1. The van der Waals surface area contributed by atoms with E-state index in [1.165, 1.54) is 49.7 Å². The average Bonchev–Trinajstić information content (AvgIpc) is 3.23. The molecule has 3 aliphatic rings. The molecule has 0 amide bonds. The first-order chi connectivity index (χ1) is 9.40. The van der Waals surface area contributed by atoms with Gasteiger partial charge in [0.05, 0.1) is 0 Å². The lowest BCUT2D eigenvalue weighted by atomic mass is 9.99. The highest BCUT2D eigenvalue weighted by Gasteiger charge is 2.35. The fourth-order valence-electron chi connectivity index (χ4n) is 3.51. The summed E-state index contributed by atoms with van der Waals surface area (Å²) < 4.78 is 0. The Balaban J connectivity index is 1.41. The third-order valence-corrected chi connectivity index (χ3v) is 6.01. The molecule has 0 radical (unpaired) electrons. The molecule has 1 saturated heterocycles. The molecule has 4 rings (SSSR count). The van der Waals surface area contributed by atoms with Crippen LogP contribution in [0.4, 0.5) is 0 Å². The van der Waals surface area contributed by atoms with Crippen LogP contribution in [-0.2, 0) is 0 Å². The zero-order chi connectivity index (χ0) is 12.7. The second-order valence-electron chi connectivity index (χ2n) is 6.20. The molecule has 102 valence electrons. The summed E-state index contributed by atoms with van der Waals surface area (Å²) >= 11 is 2.04. The summed E-state index contributed by atoms with van der Waals surface area (Å²) in [5.74, 6) is 3.00. The van der Waals surface area contributed by atoms with Crippen LogP contribution in [0.5, 0.6) is 0 Å². The molecule has 2 aliphatic heterocycles. The van der Waals surface area contributed by atoms with Crippen LogP contribution in [0.15, 0.2) is 29.2 Å². The van der Waals surface area contributed by atoms with Crippen LogP contribution in [0.1, 0.15) is 24.3 Å². The van der Waals surface area contributed by atoms with Gasteiger partial charge in [-0.3, -0.25) is 4.90 Å². The first kappa shape index (κ1) is 12.2. The van der Waals surface area contributed by atoms with Crippen molar-refractivity contribution in [3.05, 3.63) is 29.8 Å². The Kier molecular flexibility index (Phi) is 3.30. The molecule has 2 heterocycles. The molecule has 0 aromatic heterocycles. The minimum atomic E-state index is 0.749. The lowest BCUT2D eigenvalue weighted by Crippen LogP contribution is -2.52. The first-order valence-electron chi connectivity index (χ1n) is 7.57. The molecular weight excluding hydrogens is 252 g/mol. The van der Waals surface area contributed by atoms with E-state index in [2.05, 4.69) is 34.5 Å². The van der Waals surface area contributed by atoms with E-state index in [4.69, 9.17) is 0 Å². The number of thioether (sulfide) groups is 1. The Hall–Kier alpha value is -0.510. The molecule has 19 heavy (non-hydrogen) atoms. The summed E-state index contributed by atoms with van der Waals surface area (Å²) in [5, 5.41) is 3.71. The van der Waals surface area contributed by atoms with E-state index in [-0.39, 0.29) is 0 Å². The number of benzene rings is 1. The lowest BCUT2D eigenvalue weighted by molar-refractivity contribution is 0.182. The van der Waals surface area contributed by atoms with Crippen molar-refractivity contribution in [1.82, 2.24) is 10.2 Å². The molecule has 1 N–H and O–H groups in total. The smallest absolute Gasteiger partial charge is 0.0223 e. The van der Waals surface area contributed by atoms with E-state index in [0.717, 1.165) is 17.9 Å². The van der Waals surface area contributed by atoms with Crippen LogP contribution < -0.4 is 5.32 Å². The van der Waals surface area contributed by atoms with Crippen LogP contribution in [0.3, 0.4) is 0 Å². The van der Waals surface area contributed by atoms with Crippen LogP contribution in [0, 0.1) is 5.92 Å². The van der Waals surface area contributed by atoms with E-state index < -0.39 is 0 Å². The van der Waals surface area contributed by atoms with Gasteiger partial charge in [0.15, 0.2) is 0 Å². The molecule has 0 bridgehead atoms. The van der Waals surface area contributed by atoms with Gasteiger partial charge in [0.1, 0.15) is 0 Å². The molecule has 2 atom stereocenters. The van der Waals surface area contributed by atoms with Crippen LogP contribution in [0.25, 0.3) is 0 Å². The highest BCUT2D eigenvalue weighted by Crippen LogP contribution is 2.40. The van der Waals surface area contributed by atoms with Gasteiger partial charge in [-0.2, -0.15) is 0 Å². The maximum Gasteiger partial charge on any atom is 0.0223 e. The van der Waals surface area contributed by atoms with Crippen molar-refractivity contribution in [2.45, 2.75) is 29.7 Å². The van der Waals surface area contributed by atoms with Gasteiger partial charge in [0, 0.05) is 48.8 Å². The molecule has 2 fully saturated rings. The maximum absolute atomic E-state index is 3.71. The normalized spacial score (nSPS) is 31.4. The topological polar surface area (TPSA) is 15.3 Å². The largest absolute Gasteiger partial charge is 0.311 e. The average molecular weight is 274 g/mol. The molecule has 0 spiro atoms. The Bertz CT molecular complexity index is 458. The Morgan fingerprint density at radius 3 is 3.05 bits per heavy atom. The van der Waals surface area contributed by atoms with E-state index >= 15 is 0 Å². The van der Waals surface area contributed by atoms with E-state index in [1.807, 2.05) is 11.8 Å². The maximum atomic E-state index is 3.71. The molecular formula is C16H22N2S. The fourth-order valence-corrected chi connectivity index (χ4v) is 4.76. The third-order valence-electron chi connectivity index (χ3n) is 4.76. The number of piperazine rings is 1. The van der Waals surface area contributed by atoms with Crippen molar-refractivity contribution in [3.63, 3.8) is 0 Å². The standard InChI is InChI=1S/C16H22N2S/c1-2-4-16-14(3-1)13(11-19-16)9-18-8-7-17-15(10-18)12-5-6-12/h1-4,12-13,15,17H,5-11H2. The van der Waals surface area contributed by atoms with Gasteiger partial charge >= 0.3 is 0 Å². The second-order valence-corrected chi connectivity index (χ2v) is 7.27. The molecule has 1 aliphatic carbocycles. The van der Waals surface area contributed by atoms with Gasteiger partial charge in [-0.05, 0) is 30.4 Å². The Morgan fingerprint density at radius 1 is 1.26 bits per heavy atom. The first-order valence-corrected chi connectivity index (χ1v) is 8.56. The summed E-state index contributed by atoms with van der Waals surface area (Å²) in [7, 11) is 0. The van der Waals surface area contributed by atoms with Gasteiger partial charge in [0.2, 0.25) is 0 Å². The van der Waals surface area contributed by atoms with Crippen molar-refractivity contribution < 1.29 is 0 Å². The minimum Gasteiger partial charge on any atom is -0.311 e. The third kappa shape index (κ3) is 2.56. The lowest BCUT2D eigenvalue weighted by Gasteiger charge is -2.35. The number of nitrogens with one attached hydrogen (secondary N) is 1. The summed E-state index contributed by atoms with van der Waals surface area (Å²) in [4.78, 5) is 4.22. The zero-order valence-corrected chi connectivity index (χ0v) is 12.2. The van der Waals surface area contributed by atoms with Gasteiger partial charge in [-0.25, -0.2) is 0 Å². The number of rotatable bonds is 3. The summed E-state index contributed by atoms with van der Waals surface area (Å²) in [6, 6.07) is 9.76. The minimum absolute atomic E-state index is 0.749. The highest BCUT2D eigenvalue weighted by molar-refractivity contribution is 7.99. The van der Waals surface area contributed by atoms with Crippen LogP contribution >= 0.6 is 11.8 Å². The Morgan fingerprint density at radius 2 is 2.16 bits per heavy atom. The van der Waals surface area contributed by atoms with Crippen molar-refractivity contribution in [1.29, 1.82) is 0 Å². The number of fused-ring (bicyclic) bond motifs is 1. The highest BCUT2D eigenvalue weighted by atomic mass is 32.2. The predicted octanol–water partition coefficient (Wildman–Crippen LogP) is 2.56. The van der Waals surface area contributed by atoms with Gasteiger partial charge in [0.25, 0.3) is 0 Å². The quantitative estimate of drug-likeness (QED) is 0.912. The van der Waals surface area contributed by atoms with Crippen LogP contribution in [-0.4, -0.2) is 42.9 Å². The van der Waals surface area contributed by atoms with Crippen molar-refractivity contribution in [2.24, 2.45) is 5.92 Å². The van der Waals surface area contributed by atoms with Crippen molar-refractivity contribution in [3.8, 4) is 0 Å². The molecule has 1 saturated carbocycles. The number of hydrogen-bond acceptors (Lipinski definition) is 3.